The number of amides is 1. The van der Waals surface area contributed by atoms with Gasteiger partial charge in [0.25, 0.3) is 5.91 Å². The Labute approximate surface area is 91.1 Å². The highest BCUT2D eigenvalue weighted by Gasteiger charge is 2.18. The van der Waals surface area contributed by atoms with Gasteiger partial charge in [0.2, 0.25) is 0 Å². The third kappa shape index (κ3) is 2.61. The minimum Gasteiger partial charge on any atom is -0.456 e. The van der Waals surface area contributed by atoms with Crippen molar-refractivity contribution in [3.05, 3.63) is 23.7 Å². The van der Waals surface area contributed by atoms with Gasteiger partial charge in [-0.15, -0.1) is 0 Å². The summed E-state index contributed by atoms with van der Waals surface area (Å²) in [5.74, 6) is 1.26. The van der Waals surface area contributed by atoms with E-state index in [1.807, 2.05) is 27.0 Å². The lowest BCUT2D eigenvalue weighted by molar-refractivity contribution is 0.0706. The fourth-order valence-electron chi connectivity index (χ4n) is 1.33. The summed E-state index contributed by atoms with van der Waals surface area (Å²) in [6.07, 6.45) is 1.77. The number of rotatable bonds is 4. The van der Waals surface area contributed by atoms with Crippen LogP contribution in [0.4, 0.5) is 0 Å². The van der Waals surface area contributed by atoms with Crippen LogP contribution in [0.15, 0.2) is 16.5 Å². The first-order valence-corrected chi connectivity index (χ1v) is 5.46. The molecule has 1 rings (SSSR count). The summed E-state index contributed by atoms with van der Waals surface area (Å²) < 4.78 is 5.42. The monoisotopic (exact) mass is 209 g/mol. The lowest BCUT2D eigenvalue weighted by Crippen LogP contribution is -2.34. The number of carbonyl (C=O) groups is 1. The van der Waals surface area contributed by atoms with Gasteiger partial charge < -0.3 is 9.32 Å². The number of furan rings is 1. The minimum atomic E-state index is -0.0379. The van der Waals surface area contributed by atoms with Crippen molar-refractivity contribution in [1.29, 1.82) is 0 Å². The quantitative estimate of drug-likeness (QED) is 0.764. The van der Waals surface area contributed by atoms with Gasteiger partial charge in [0.15, 0.2) is 5.76 Å². The molecule has 0 aliphatic heterocycles. The maximum Gasteiger partial charge on any atom is 0.289 e. The van der Waals surface area contributed by atoms with Crippen molar-refractivity contribution >= 4 is 5.91 Å². The van der Waals surface area contributed by atoms with E-state index in [9.17, 15) is 4.79 Å². The Morgan fingerprint density at radius 2 is 2.13 bits per heavy atom. The molecule has 3 heteroatoms. The van der Waals surface area contributed by atoms with Crippen molar-refractivity contribution in [2.75, 3.05) is 7.05 Å². The van der Waals surface area contributed by atoms with Crippen LogP contribution in [0.25, 0.3) is 0 Å². The smallest absolute Gasteiger partial charge is 0.289 e. The maximum absolute atomic E-state index is 11.9. The van der Waals surface area contributed by atoms with Crippen molar-refractivity contribution in [3.63, 3.8) is 0 Å². The molecule has 0 saturated heterocycles. The van der Waals surface area contributed by atoms with Crippen LogP contribution in [0, 0.1) is 0 Å². The molecule has 1 amide bonds. The highest BCUT2D eigenvalue weighted by Crippen LogP contribution is 2.12. The van der Waals surface area contributed by atoms with Gasteiger partial charge in [-0.05, 0) is 25.5 Å². The normalized spacial score (nSPS) is 12.5. The van der Waals surface area contributed by atoms with E-state index in [0.717, 1.165) is 18.6 Å². The molecule has 1 heterocycles. The molecular weight excluding hydrogens is 190 g/mol. The van der Waals surface area contributed by atoms with E-state index in [2.05, 4.69) is 6.92 Å². The van der Waals surface area contributed by atoms with Gasteiger partial charge in [-0.2, -0.15) is 0 Å². The van der Waals surface area contributed by atoms with Crippen LogP contribution in [-0.4, -0.2) is 23.9 Å². The Kier molecular flexibility index (Phi) is 3.95. The third-order valence-corrected chi connectivity index (χ3v) is 2.79. The molecule has 1 aromatic heterocycles. The molecule has 0 aliphatic rings. The van der Waals surface area contributed by atoms with Gasteiger partial charge in [0, 0.05) is 19.5 Å². The topological polar surface area (TPSA) is 33.5 Å². The van der Waals surface area contributed by atoms with Crippen molar-refractivity contribution in [1.82, 2.24) is 4.90 Å². The van der Waals surface area contributed by atoms with E-state index in [4.69, 9.17) is 4.42 Å². The van der Waals surface area contributed by atoms with Crippen LogP contribution in [0.1, 0.15) is 43.5 Å². The zero-order valence-electron chi connectivity index (χ0n) is 9.91. The Morgan fingerprint density at radius 1 is 1.47 bits per heavy atom. The summed E-state index contributed by atoms with van der Waals surface area (Å²) in [6.45, 7) is 6.10. The zero-order valence-corrected chi connectivity index (χ0v) is 9.91. The summed E-state index contributed by atoms with van der Waals surface area (Å²) in [6, 6.07) is 3.85. The van der Waals surface area contributed by atoms with Crippen molar-refractivity contribution in [2.24, 2.45) is 0 Å². The Bertz CT molecular complexity index is 330. The summed E-state index contributed by atoms with van der Waals surface area (Å²) in [7, 11) is 1.81. The standard InChI is InChI=1S/C12H19NO2/c1-5-9(3)13(4)12(14)11-8-7-10(6-2)15-11/h7-9H,5-6H2,1-4H3. The molecule has 0 spiro atoms. The first-order chi connectivity index (χ1) is 7.10. The largest absolute Gasteiger partial charge is 0.456 e. The fourth-order valence-corrected chi connectivity index (χ4v) is 1.33. The lowest BCUT2D eigenvalue weighted by Gasteiger charge is -2.22. The molecular formula is C12H19NO2. The number of hydrogen-bond donors (Lipinski definition) is 0. The van der Waals surface area contributed by atoms with Crippen molar-refractivity contribution in [3.8, 4) is 0 Å². The molecule has 1 atom stereocenters. The van der Waals surface area contributed by atoms with E-state index < -0.39 is 0 Å². The van der Waals surface area contributed by atoms with E-state index >= 15 is 0 Å². The molecule has 0 aromatic carbocycles. The second-order valence-corrected chi connectivity index (χ2v) is 3.79. The van der Waals surface area contributed by atoms with Gasteiger partial charge in [-0.25, -0.2) is 0 Å². The van der Waals surface area contributed by atoms with Crippen LogP contribution >= 0.6 is 0 Å². The number of hydrogen-bond acceptors (Lipinski definition) is 2. The first kappa shape index (κ1) is 11.8. The van der Waals surface area contributed by atoms with Crippen LogP contribution in [0.5, 0.6) is 0 Å². The summed E-state index contributed by atoms with van der Waals surface area (Å²) in [4.78, 5) is 13.6. The average molecular weight is 209 g/mol. The van der Waals surface area contributed by atoms with Crippen LogP contribution < -0.4 is 0 Å². The molecule has 0 aliphatic carbocycles. The Morgan fingerprint density at radius 3 is 2.60 bits per heavy atom. The Hall–Kier alpha value is -1.25. The molecule has 0 radical (unpaired) electrons. The highest BCUT2D eigenvalue weighted by molar-refractivity contribution is 5.91. The van der Waals surface area contributed by atoms with Gasteiger partial charge in [-0.3, -0.25) is 4.79 Å². The van der Waals surface area contributed by atoms with Gasteiger partial charge in [0.1, 0.15) is 5.76 Å². The van der Waals surface area contributed by atoms with Crippen LogP contribution in [0.2, 0.25) is 0 Å². The summed E-state index contributed by atoms with van der Waals surface area (Å²) in [5.41, 5.74) is 0. The molecule has 0 fully saturated rings. The van der Waals surface area contributed by atoms with Crippen LogP contribution in [0.3, 0.4) is 0 Å². The van der Waals surface area contributed by atoms with E-state index in [0.29, 0.717) is 5.76 Å². The summed E-state index contributed by atoms with van der Waals surface area (Å²) >= 11 is 0. The predicted molar refractivity (Wildman–Crippen MR) is 59.9 cm³/mol. The molecule has 15 heavy (non-hydrogen) atoms. The molecule has 3 nitrogen and oxygen atoms in total. The number of aryl methyl sites for hydroxylation is 1. The fraction of sp³-hybridized carbons (Fsp3) is 0.583. The molecule has 84 valence electrons. The van der Waals surface area contributed by atoms with Gasteiger partial charge >= 0.3 is 0 Å². The first-order valence-electron chi connectivity index (χ1n) is 5.46. The lowest BCUT2D eigenvalue weighted by atomic mass is 10.2. The Balaban J connectivity index is 2.75. The summed E-state index contributed by atoms with van der Waals surface area (Å²) in [5, 5.41) is 0. The number of carbonyl (C=O) groups excluding carboxylic acids is 1. The maximum atomic E-state index is 11.9. The van der Waals surface area contributed by atoms with Crippen molar-refractivity contribution < 1.29 is 9.21 Å². The molecule has 0 saturated carbocycles. The second kappa shape index (κ2) is 5.01. The number of nitrogens with zero attached hydrogens (tertiary/aromatic N) is 1. The highest BCUT2D eigenvalue weighted by atomic mass is 16.4. The zero-order chi connectivity index (χ0) is 11.4. The van der Waals surface area contributed by atoms with Gasteiger partial charge in [-0.1, -0.05) is 13.8 Å². The van der Waals surface area contributed by atoms with E-state index in [-0.39, 0.29) is 11.9 Å². The van der Waals surface area contributed by atoms with E-state index in [1.54, 1.807) is 11.0 Å². The van der Waals surface area contributed by atoms with E-state index in [1.165, 1.54) is 0 Å². The molecule has 1 aromatic rings. The SMILES string of the molecule is CCc1ccc(C(=O)N(C)C(C)CC)o1. The molecule has 0 N–H and O–H groups in total. The third-order valence-electron chi connectivity index (χ3n) is 2.79. The predicted octanol–water partition coefficient (Wildman–Crippen LogP) is 2.71. The minimum absolute atomic E-state index is 0.0379. The molecule has 1 unspecified atom stereocenters. The molecule has 0 bridgehead atoms. The van der Waals surface area contributed by atoms with Crippen LogP contribution in [-0.2, 0) is 6.42 Å². The van der Waals surface area contributed by atoms with Gasteiger partial charge in [0.05, 0.1) is 0 Å². The average Bonchev–Trinajstić information content (AvgIpc) is 2.74. The van der Waals surface area contributed by atoms with Crippen molar-refractivity contribution in [2.45, 2.75) is 39.7 Å². The second-order valence-electron chi connectivity index (χ2n) is 3.79.